The molecule has 0 spiro atoms. The molecule has 1 amide bonds. The lowest BCUT2D eigenvalue weighted by Crippen LogP contribution is -2.18. The van der Waals surface area contributed by atoms with Gasteiger partial charge in [0, 0.05) is 11.3 Å². The van der Waals surface area contributed by atoms with E-state index < -0.39 is 10.0 Å². The number of anilines is 2. The Hall–Kier alpha value is -3.12. The first-order valence-electron chi connectivity index (χ1n) is 9.66. The van der Waals surface area contributed by atoms with Gasteiger partial charge in [-0.2, -0.15) is 0 Å². The zero-order valence-electron chi connectivity index (χ0n) is 17.8. The normalized spacial score (nSPS) is 11.2. The topological polar surface area (TPSA) is 75.3 Å². The van der Waals surface area contributed by atoms with Gasteiger partial charge in [-0.15, -0.1) is 0 Å². The fourth-order valence-corrected chi connectivity index (χ4v) is 4.63. The minimum absolute atomic E-state index is 0.0797. The molecule has 0 aliphatic rings. The van der Waals surface area contributed by atoms with Gasteiger partial charge in [0.2, 0.25) is 0 Å². The molecular formula is C24H26N2O3S. The second-order valence-electron chi connectivity index (χ2n) is 7.68. The average Bonchev–Trinajstić information content (AvgIpc) is 2.67. The van der Waals surface area contributed by atoms with Crippen LogP contribution >= 0.6 is 0 Å². The minimum Gasteiger partial charge on any atom is -0.322 e. The molecule has 0 fully saturated rings. The fourth-order valence-electron chi connectivity index (χ4n) is 3.22. The lowest BCUT2D eigenvalue weighted by Gasteiger charge is -2.14. The molecule has 0 saturated heterocycles. The monoisotopic (exact) mass is 422 g/mol. The Kier molecular flexibility index (Phi) is 5.99. The fraction of sp³-hybridized carbons (Fsp3) is 0.208. The van der Waals surface area contributed by atoms with Crippen LogP contribution in [0.15, 0.2) is 59.5 Å². The summed E-state index contributed by atoms with van der Waals surface area (Å²) in [6.45, 7) is 9.38. The number of hydrogen-bond donors (Lipinski definition) is 2. The van der Waals surface area contributed by atoms with Gasteiger partial charge in [0.05, 0.1) is 10.6 Å². The van der Waals surface area contributed by atoms with Crippen LogP contribution in [0, 0.1) is 34.6 Å². The summed E-state index contributed by atoms with van der Waals surface area (Å²) in [6, 6.07) is 16.0. The maximum absolute atomic E-state index is 13.0. The summed E-state index contributed by atoms with van der Waals surface area (Å²) >= 11 is 0. The van der Waals surface area contributed by atoms with Gasteiger partial charge in [-0.25, -0.2) is 8.42 Å². The van der Waals surface area contributed by atoms with Gasteiger partial charge in [0.1, 0.15) is 0 Å². The molecule has 156 valence electrons. The van der Waals surface area contributed by atoms with Gasteiger partial charge >= 0.3 is 0 Å². The predicted octanol–water partition coefficient (Wildman–Crippen LogP) is 5.28. The molecule has 0 atom stereocenters. The van der Waals surface area contributed by atoms with E-state index >= 15 is 0 Å². The van der Waals surface area contributed by atoms with Crippen molar-refractivity contribution in [2.75, 3.05) is 10.0 Å². The molecule has 0 bridgehead atoms. The van der Waals surface area contributed by atoms with Crippen LogP contribution in [0.25, 0.3) is 0 Å². The van der Waals surface area contributed by atoms with E-state index in [9.17, 15) is 13.2 Å². The van der Waals surface area contributed by atoms with Crippen molar-refractivity contribution >= 4 is 27.3 Å². The Morgan fingerprint density at radius 2 is 1.33 bits per heavy atom. The maximum Gasteiger partial charge on any atom is 0.262 e. The third-order valence-corrected chi connectivity index (χ3v) is 6.51. The minimum atomic E-state index is -3.85. The molecule has 3 aromatic rings. The zero-order valence-corrected chi connectivity index (χ0v) is 18.6. The van der Waals surface area contributed by atoms with Crippen LogP contribution in [0.5, 0.6) is 0 Å². The number of sulfonamides is 1. The Balaban J connectivity index is 1.92. The van der Waals surface area contributed by atoms with E-state index in [2.05, 4.69) is 10.0 Å². The van der Waals surface area contributed by atoms with E-state index in [1.54, 1.807) is 25.1 Å². The van der Waals surface area contributed by atoms with E-state index in [4.69, 9.17) is 0 Å². The van der Waals surface area contributed by atoms with Gasteiger partial charge < -0.3 is 5.32 Å². The maximum atomic E-state index is 13.0. The first-order valence-corrected chi connectivity index (χ1v) is 11.1. The molecule has 0 aliphatic carbocycles. The molecule has 2 N–H and O–H groups in total. The molecule has 0 saturated carbocycles. The quantitative estimate of drug-likeness (QED) is 0.587. The summed E-state index contributed by atoms with van der Waals surface area (Å²) < 4.78 is 28.7. The summed E-state index contributed by atoms with van der Waals surface area (Å²) in [5, 5.41) is 2.88. The number of hydrogen-bond acceptors (Lipinski definition) is 3. The molecule has 5 nitrogen and oxygen atoms in total. The molecule has 3 aromatic carbocycles. The molecule has 0 aliphatic heterocycles. The van der Waals surface area contributed by atoms with Gasteiger partial charge in [0.15, 0.2) is 0 Å². The van der Waals surface area contributed by atoms with Crippen LogP contribution in [0.2, 0.25) is 0 Å². The molecule has 0 aromatic heterocycles. The molecule has 3 rings (SSSR count). The number of aryl methyl sites for hydroxylation is 5. The largest absolute Gasteiger partial charge is 0.322 e. The second-order valence-corrected chi connectivity index (χ2v) is 9.33. The van der Waals surface area contributed by atoms with Crippen LogP contribution in [-0.2, 0) is 10.0 Å². The van der Waals surface area contributed by atoms with E-state index in [1.807, 2.05) is 58.0 Å². The van der Waals surface area contributed by atoms with E-state index in [-0.39, 0.29) is 16.4 Å². The third kappa shape index (κ3) is 4.71. The van der Waals surface area contributed by atoms with Gasteiger partial charge in [-0.3, -0.25) is 9.52 Å². The van der Waals surface area contributed by atoms with Gasteiger partial charge in [-0.05, 0) is 81.1 Å². The Morgan fingerprint density at radius 3 is 2.03 bits per heavy atom. The number of rotatable bonds is 5. The molecule has 6 heteroatoms. The van der Waals surface area contributed by atoms with Crippen LogP contribution in [0.1, 0.15) is 38.2 Å². The SMILES string of the molecule is Cc1ccc(NS(=O)(=O)c2cc(C(=O)Nc3cc(C)ccc3C)ccc2C)c(C)c1. The van der Waals surface area contributed by atoms with Gasteiger partial charge in [0.25, 0.3) is 15.9 Å². The average molecular weight is 423 g/mol. The summed E-state index contributed by atoms with van der Waals surface area (Å²) in [4.78, 5) is 12.9. The van der Waals surface area contributed by atoms with Crippen molar-refractivity contribution < 1.29 is 13.2 Å². The Morgan fingerprint density at radius 1 is 0.700 bits per heavy atom. The lowest BCUT2D eigenvalue weighted by molar-refractivity contribution is 0.102. The summed E-state index contributed by atoms with van der Waals surface area (Å²) in [5.41, 5.74) is 5.92. The highest BCUT2D eigenvalue weighted by Crippen LogP contribution is 2.24. The summed E-state index contributed by atoms with van der Waals surface area (Å²) in [5.74, 6) is -0.355. The second kappa shape index (κ2) is 8.32. The van der Waals surface area contributed by atoms with Crippen molar-refractivity contribution in [3.05, 3.63) is 88.0 Å². The predicted molar refractivity (Wildman–Crippen MR) is 122 cm³/mol. The van der Waals surface area contributed by atoms with Gasteiger partial charge in [-0.1, -0.05) is 35.9 Å². The summed E-state index contributed by atoms with van der Waals surface area (Å²) in [7, 11) is -3.85. The number of benzene rings is 3. The molecule has 0 unspecified atom stereocenters. The molecule has 0 heterocycles. The highest BCUT2D eigenvalue weighted by atomic mass is 32.2. The van der Waals surface area contributed by atoms with Crippen LogP contribution in [0.3, 0.4) is 0 Å². The first-order chi connectivity index (χ1) is 14.1. The van der Waals surface area contributed by atoms with Crippen molar-refractivity contribution in [1.29, 1.82) is 0 Å². The summed E-state index contributed by atoms with van der Waals surface area (Å²) in [6.07, 6.45) is 0. The van der Waals surface area contributed by atoms with Crippen molar-refractivity contribution in [3.8, 4) is 0 Å². The number of carbonyl (C=O) groups is 1. The Bertz CT molecular complexity index is 1230. The van der Waals surface area contributed by atoms with E-state index in [1.165, 1.54) is 6.07 Å². The lowest BCUT2D eigenvalue weighted by atomic mass is 10.1. The highest BCUT2D eigenvalue weighted by molar-refractivity contribution is 7.92. The number of amides is 1. The van der Waals surface area contributed by atoms with Crippen molar-refractivity contribution in [3.63, 3.8) is 0 Å². The van der Waals surface area contributed by atoms with Crippen molar-refractivity contribution in [2.24, 2.45) is 0 Å². The van der Waals surface area contributed by atoms with Crippen LogP contribution in [0.4, 0.5) is 11.4 Å². The van der Waals surface area contributed by atoms with Crippen molar-refractivity contribution in [2.45, 2.75) is 39.5 Å². The zero-order chi connectivity index (χ0) is 22.1. The first kappa shape index (κ1) is 21.6. The Labute approximate surface area is 178 Å². The van der Waals surface area contributed by atoms with Crippen LogP contribution in [-0.4, -0.2) is 14.3 Å². The van der Waals surface area contributed by atoms with Crippen LogP contribution < -0.4 is 10.0 Å². The van der Waals surface area contributed by atoms with E-state index in [0.29, 0.717) is 16.9 Å². The standard InChI is InChI=1S/C24H26N2O3S/c1-15-7-11-21(19(5)12-15)26-30(28,29)23-14-20(10-9-18(23)4)24(27)25-22-13-16(2)6-8-17(22)3/h6-14,26H,1-5H3,(H,25,27). The smallest absolute Gasteiger partial charge is 0.262 e. The molecule has 30 heavy (non-hydrogen) atoms. The van der Waals surface area contributed by atoms with Crippen molar-refractivity contribution in [1.82, 2.24) is 0 Å². The highest BCUT2D eigenvalue weighted by Gasteiger charge is 2.20. The molecular weight excluding hydrogens is 396 g/mol. The van der Waals surface area contributed by atoms with E-state index in [0.717, 1.165) is 22.3 Å². The number of carbonyl (C=O) groups excluding carboxylic acids is 1. The number of nitrogens with one attached hydrogen (secondary N) is 2. The molecule has 0 radical (unpaired) electrons. The third-order valence-electron chi connectivity index (χ3n) is 5.01.